The number of likely N-dealkylation sites (N-methyl/N-ethyl adjacent to an activating group) is 1. The van der Waals surface area contributed by atoms with Gasteiger partial charge in [0.15, 0.2) is 0 Å². The highest BCUT2D eigenvalue weighted by Gasteiger charge is 2.14. The maximum atomic E-state index is 9.66. The van der Waals surface area contributed by atoms with E-state index in [2.05, 4.69) is 36.6 Å². The van der Waals surface area contributed by atoms with Crippen molar-refractivity contribution in [2.75, 3.05) is 11.9 Å². The molecule has 0 aliphatic heterocycles. The molecule has 16 heavy (non-hydrogen) atoms. The molecule has 2 unspecified atom stereocenters. The van der Waals surface area contributed by atoms with E-state index in [1.54, 1.807) is 6.92 Å². The largest absolute Gasteiger partial charge is 0.390 e. The summed E-state index contributed by atoms with van der Waals surface area (Å²) >= 11 is 0. The normalized spacial score (nSPS) is 14.6. The Kier molecular flexibility index (Phi) is 4.77. The monoisotopic (exact) mass is 222 g/mol. The number of aliphatic hydroxyl groups is 1. The Bertz CT molecular complexity index is 316. The van der Waals surface area contributed by atoms with Gasteiger partial charge in [0.05, 0.1) is 6.10 Å². The van der Waals surface area contributed by atoms with E-state index in [9.17, 15) is 5.11 Å². The molecule has 0 fully saturated rings. The van der Waals surface area contributed by atoms with Crippen LogP contribution in [0.3, 0.4) is 0 Å². The van der Waals surface area contributed by atoms with Gasteiger partial charge in [-0.2, -0.15) is 0 Å². The van der Waals surface area contributed by atoms with Crippen molar-refractivity contribution < 1.29 is 5.11 Å². The number of anilines is 1. The molecule has 3 heteroatoms. The van der Waals surface area contributed by atoms with E-state index in [1.807, 2.05) is 13.0 Å². The first-order valence-corrected chi connectivity index (χ1v) is 5.80. The van der Waals surface area contributed by atoms with E-state index < -0.39 is 6.10 Å². The second-order valence-corrected chi connectivity index (χ2v) is 4.19. The lowest BCUT2D eigenvalue weighted by Gasteiger charge is -2.25. The van der Waals surface area contributed by atoms with Crippen LogP contribution in [0.2, 0.25) is 0 Å². The number of benzene rings is 1. The molecule has 0 aliphatic carbocycles. The summed E-state index contributed by atoms with van der Waals surface area (Å²) in [6, 6.07) is 6.18. The van der Waals surface area contributed by atoms with Crippen molar-refractivity contribution in [1.29, 1.82) is 0 Å². The summed E-state index contributed by atoms with van der Waals surface area (Å²) in [7, 11) is 0. The summed E-state index contributed by atoms with van der Waals surface area (Å²) in [6.07, 6.45) is -0.538. The molecule has 3 nitrogen and oxygen atoms in total. The van der Waals surface area contributed by atoms with E-state index in [1.165, 1.54) is 11.1 Å². The van der Waals surface area contributed by atoms with Crippen molar-refractivity contribution in [3.8, 4) is 0 Å². The SMILES string of the molecule is CCNC(Nc1c(C)cccc1C)C(C)O. The smallest absolute Gasteiger partial charge is 0.103 e. The molecule has 0 bridgehead atoms. The van der Waals surface area contributed by atoms with Gasteiger partial charge in [0.25, 0.3) is 0 Å². The summed E-state index contributed by atoms with van der Waals surface area (Å²) in [5, 5.41) is 16.2. The Labute approximate surface area is 97.9 Å². The fraction of sp³-hybridized carbons (Fsp3) is 0.538. The van der Waals surface area contributed by atoms with Gasteiger partial charge in [-0.05, 0) is 38.4 Å². The third-order valence-electron chi connectivity index (χ3n) is 2.69. The van der Waals surface area contributed by atoms with E-state index in [4.69, 9.17) is 0 Å². The van der Waals surface area contributed by atoms with Gasteiger partial charge in [0.2, 0.25) is 0 Å². The standard InChI is InChI=1S/C13H22N2O/c1-5-14-13(11(4)16)15-12-9(2)7-6-8-10(12)3/h6-8,11,13-16H,5H2,1-4H3. The molecule has 0 saturated heterocycles. The van der Waals surface area contributed by atoms with Crippen LogP contribution in [0.15, 0.2) is 18.2 Å². The molecule has 90 valence electrons. The Balaban J connectivity index is 2.84. The zero-order valence-electron chi connectivity index (χ0n) is 10.5. The molecule has 2 atom stereocenters. The van der Waals surface area contributed by atoms with Crippen LogP contribution in [0, 0.1) is 13.8 Å². The molecule has 0 heterocycles. The van der Waals surface area contributed by atoms with Crippen LogP contribution in [-0.2, 0) is 0 Å². The molecular formula is C13H22N2O. The Hall–Kier alpha value is -1.06. The molecule has 1 aromatic rings. The molecule has 0 aromatic heterocycles. The Morgan fingerprint density at radius 3 is 2.25 bits per heavy atom. The number of rotatable bonds is 5. The quantitative estimate of drug-likeness (QED) is 0.668. The average molecular weight is 222 g/mol. The number of nitrogens with one attached hydrogen (secondary N) is 2. The zero-order chi connectivity index (χ0) is 12.1. The van der Waals surface area contributed by atoms with Crippen molar-refractivity contribution in [2.24, 2.45) is 0 Å². The van der Waals surface area contributed by atoms with Crippen LogP contribution in [0.25, 0.3) is 0 Å². The summed E-state index contributed by atoms with van der Waals surface area (Å²) in [6.45, 7) is 8.78. The summed E-state index contributed by atoms with van der Waals surface area (Å²) in [4.78, 5) is 0. The first kappa shape index (κ1) is 13.0. The van der Waals surface area contributed by atoms with E-state index in [0.29, 0.717) is 0 Å². The molecule has 0 spiro atoms. The topological polar surface area (TPSA) is 44.3 Å². The summed E-state index contributed by atoms with van der Waals surface area (Å²) in [5.41, 5.74) is 3.50. The molecule has 0 saturated carbocycles. The van der Waals surface area contributed by atoms with Crippen molar-refractivity contribution in [3.63, 3.8) is 0 Å². The van der Waals surface area contributed by atoms with Gasteiger partial charge in [-0.3, -0.25) is 5.32 Å². The summed E-state index contributed by atoms with van der Waals surface area (Å²) < 4.78 is 0. The minimum absolute atomic E-state index is 0.107. The molecule has 1 rings (SSSR count). The Morgan fingerprint density at radius 2 is 1.81 bits per heavy atom. The van der Waals surface area contributed by atoms with E-state index in [0.717, 1.165) is 12.2 Å². The average Bonchev–Trinajstić information content (AvgIpc) is 2.21. The minimum Gasteiger partial charge on any atom is -0.390 e. The number of para-hydroxylation sites is 1. The predicted octanol–water partition coefficient (Wildman–Crippen LogP) is 2.03. The third kappa shape index (κ3) is 3.22. The maximum Gasteiger partial charge on any atom is 0.103 e. The molecule has 0 radical (unpaired) electrons. The number of hydrogen-bond acceptors (Lipinski definition) is 3. The molecule has 0 amide bonds. The molecule has 1 aromatic carbocycles. The number of aliphatic hydroxyl groups excluding tert-OH is 1. The molecular weight excluding hydrogens is 200 g/mol. The first-order chi connectivity index (χ1) is 7.56. The maximum absolute atomic E-state index is 9.66. The summed E-state index contributed by atoms with van der Waals surface area (Å²) in [5.74, 6) is 0. The second-order valence-electron chi connectivity index (χ2n) is 4.19. The van der Waals surface area contributed by atoms with Gasteiger partial charge in [-0.25, -0.2) is 0 Å². The van der Waals surface area contributed by atoms with Crippen molar-refractivity contribution in [2.45, 2.75) is 40.0 Å². The van der Waals surface area contributed by atoms with Gasteiger partial charge in [-0.1, -0.05) is 25.1 Å². The van der Waals surface area contributed by atoms with Crippen molar-refractivity contribution in [1.82, 2.24) is 5.32 Å². The van der Waals surface area contributed by atoms with Crippen molar-refractivity contribution in [3.05, 3.63) is 29.3 Å². The minimum atomic E-state index is -0.432. The first-order valence-electron chi connectivity index (χ1n) is 5.80. The second kappa shape index (κ2) is 5.87. The number of aryl methyl sites for hydroxylation is 2. The predicted molar refractivity (Wildman–Crippen MR) is 68.7 cm³/mol. The third-order valence-corrected chi connectivity index (χ3v) is 2.69. The van der Waals surface area contributed by atoms with Crippen LogP contribution in [0.5, 0.6) is 0 Å². The highest BCUT2D eigenvalue weighted by molar-refractivity contribution is 5.57. The zero-order valence-corrected chi connectivity index (χ0v) is 10.5. The lowest BCUT2D eigenvalue weighted by atomic mass is 10.1. The molecule has 3 N–H and O–H groups in total. The van der Waals surface area contributed by atoms with E-state index >= 15 is 0 Å². The molecule has 0 aliphatic rings. The van der Waals surface area contributed by atoms with Gasteiger partial charge in [0.1, 0.15) is 6.17 Å². The van der Waals surface area contributed by atoms with Gasteiger partial charge >= 0.3 is 0 Å². The fourth-order valence-electron chi connectivity index (χ4n) is 1.76. The van der Waals surface area contributed by atoms with Crippen molar-refractivity contribution >= 4 is 5.69 Å². The fourth-order valence-corrected chi connectivity index (χ4v) is 1.76. The van der Waals surface area contributed by atoms with Gasteiger partial charge in [-0.15, -0.1) is 0 Å². The van der Waals surface area contributed by atoms with Crippen LogP contribution in [-0.4, -0.2) is 23.9 Å². The number of hydrogen-bond donors (Lipinski definition) is 3. The van der Waals surface area contributed by atoms with Crippen LogP contribution in [0.4, 0.5) is 5.69 Å². The lowest BCUT2D eigenvalue weighted by molar-refractivity contribution is 0.157. The lowest BCUT2D eigenvalue weighted by Crippen LogP contribution is -2.44. The van der Waals surface area contributed by atoms with Crippen LogP contribution >= 0.6 is 0 Å². The van der Waals surface area contributed by atoms with Crippen LogP contribution < -0.4 is 10.6 Å². The van der Waals surface area contributed by atoms with E-state index in [-0.39, 0.29) is 6.17 Å². The van der Waals surface area contributed by atoms with Gasteiger partial charge < -0.3 is 10.4 Å². The van der Waals surface area contributed by atoms with Crippen LogP contribution in [0.1, 0.15) is 25.0 Å². The highest BCUT2D eigenvalue weighted by Crippen LogP contribution is 2.20. The Morgan fingerprint density at radius 1 is 1.25 bits per heavy atom. The van der Waals surface area contributed by atoms with Gasteiger partial charge in [0, 0.05) is 5.69 Å². The highest BCUT2D eigenvalue weighted by atomic mass is 16.3.